The number of benzene rings is 2. The number of likely N-dealkylation sites (tertiary alicyclic amines) is 1. The number of carbonyl (C=O) groups excluding carboxylic acids is 1. The van der Waals surface area contributed by atoms with E-state index in [1.165, 1.54) is 0 Å². The molecule has 2 heterocycles. The Labute approximate surface area is 159 Å². The maximum absolute atomic E-state index is 12.9. The van der Waals surface area contributed by atoms with Crippen LogP contribution in [0.4, 0.5) is 0 Å². The molecule has 1 saturated heterocycles. The number of nitrogens with zero attached hydrogens (tertiary/aromatic N) is 1. The van der Waals surface area contributed by atoms with Crippen LogP contribution in [0.15, 0.2) is 42.5 Å². The minimum absolute atomic E-state index is 0.105. The van der Waals surface area contributed by atoms with Crippen molar-refractivity contribution in [1.82, 2.24) is 4.90 Å². The molecule has 1 atom stereocenters. The smallest absolute Gasteiger partial charge is 0.227 e. The lowest BCUT2D eigenvalue weighted by Crippen LogP contribution is -2.31. The molecule has 1 amide bonds. The van der Waals surface area contributed by atoms with Gasteiger partial charge in [0, 0.05) is 13.0 Å². The zero-order valence-electron chi connectivity index (χ0n) is 15.6. The standard InChI is InChI=1S/C22H25NO4/c1-25-18-8-5-16(6-9-18)14-22(24)23-11-2-4-19(23)17-7-10-20-21(15-17)27-13-3-12-26-20/h5-10,15,19H,2-4,11-14H2,1H3/t19-/m1/s1. The summed E-state index contributed by atoms with van der Waals surface area (Å²) < 4.78 is 16.7. The molecule has 2 aromatic carbocycles. The van der Waals surface area contributed by atoms with Crippen molar-refractivity contribution in [3.05, 3.63) is 53.6 Å². The molecule has 0 N–H and O–H groups in total. The number of hydrogen-bond donors (Lipinski definition) is 0. The highest BCUT2D eigenvalue weighted by Crippen LogP contribution is 2.38. The summed E-state index contributed by atoms with van der Waals surface area (Å²) in [6.45, 7) is 2.15. The highest BCUT2D eigenvalue weighted by atomic mass is 16.5. The van der Waals surface area contributed by atoms with Crippen molar-refractivity contribution < 1.29 is 19.0 Å². The summed E-state index contributed by atoms with van der Waals surface area (Å²) in [5.74, 6) is 2.55. The molecule has 142 valence electrons. The van der Waals surface area contributed by atoms with Gasteiger partial charge in [0.1, 0.15) is 5.75 Å². The Balaban J connectivity index is 1.49. The molecule has 1 fully saturated rings. The molecule has 27 heavy (non-hydrogen) atoms. The number of rotatable bonds is 4. The maximum atomic E-state index is 12.9. The summed E-state index contributed by atoms with van der Waals surface area (Å²) in [5, 5.41) is 0. The Morgan fingerprint density at radius 1 is 1.07 bits per heavy atom. The number of carbonyl (C=O) groups is 1. The molecular formula is C22H25NO4. The van der Waals surface area contributed by atoms with Gasteiger partial charge in [-0.25, -0.2) is 0 Å². The first-order valence-electron chi connectivity index (χ1n) is 9.56. The van der Waals surface area contributed by atoms with Gasteiger partial charge < -0.3 is 19.1 Å². The summed E-state index contributed by atoms with van der Waals surface area (Å²) in [6, 6.07) is 13.9. The van der Waals surface area contributed by atoms with Crippen molar-refractivity contribution >= 4 is 5.91 Å². The lowest BCUT2D eigenvalue weighted by Gasteiger charge is -2.26. The van der Waals surface area contributed by atoms with Crippen LogP contribution in [0.25, 0.3) is 0 Å². The molecule has 0 unspecified atom stereocenters. The van der Waals surface area contributed by atoms with Gasteiger partial charge in [-0.2, -0.15) is 0 Å². The first-order chi connectivity index (χ1) is 13.2. The minimum atomic E-state index is 0.105. The van der Waals surface area contributed by atoms with Crippen LogP contribution >= 0.6 is 0 Å². The Hall–Kier alpha value is -2.69. The van der Waals surface area contributed by atoms with Gasteiger partial charge in [-0.05, 0) is 48.2 Å². The number of fused-ring (bicyclic) bond motifs is 1. The Morgan fingerprint density at radius 3 is 2.63 bits per heavy atom. The summed E-state index contributed by atoms with van der Waals surface area (Å²) in [5.41, 5.74) is 2.13. The van der Waals surface area contributed by atoms with E-state index in [9.17, 15) is 4.79 Å². The van der Waals surface area contributed by atoms with Crippen molar-refractivity contribution in [1.29, 1.82) is 0 Å². The van der Waals surface area contributed by atoms with E-state index in [1.807, 2.05) is 41.3 Å². The zero-order valence-corrected chi connectivity index (χ0v) is 15.6. The molecule has 0 aliphatic carbocycles. The van der Waals surface area contributed by atoms with Crippen molar-refractivity contribution in [2.45, 2.75) is 31.7 Å². The molecule has 2 aliphatic rings. The van der Waals surface area contributed by atoms with Gasteiger partial charge in [-0.3, -0.25) is 4.79 Å². The van der Waals surface area contributed by atoms with Crippen molar-refractivity contribution in [2.24, 2.45) is 0 Å². The fourth-order valence-corrected chi connectivity index (χ4v) is 3.82. The Morgan fingerprint density at radius 2 is 1.85 bits per heavy atom. The maximum Gasteiger partial charge on any atom is 0.227 e. The van der Waals surface area contributed by atoms with E-state index < -0.39 is 0 Å². The topological polar surface area (TPSA) is 48.0 Å². The second-order valence-corrected chi connectivity index (χ2v) is 7.03. The van der Waals surface area contributed by atoms with Crippen LogP contribution in [0.1, 0.15) is 36.4 Å². The average Bonchev–Trinajstić information content (AvgIpc) is 3.07. The molecule has 5 nitrogen and oxygen atoms in total. The van der Waals surface area contributed by atoms with Crippen LogP contribution in [-0.2, 0) is 11.2 Å². The third kappa shape index (κ3) is 3.87. The van der Waals surface area contributed by atoms with Gasteiger partial charge in [-0.1, -0.05) is 18.2 Å². The van der Waals surface area contributed by atoms with E-state index in [1.54, 1.807) is 7.11 Å². The first-order valence-corrected chi connectivity index (χ1v) is 9.56. The second-order valence-electron chi connectivity index (χ2n) is 7.03. The van der Waals surface area contributed by atoms with E-state index in [0.29, 0.717) is 19.6 Å². The second kappa shape index (κ2) is 7.91. The summed E-state index contributed by atoms with van der Waals surface area (Å²) in [7, 11) is 1.64. The number of hydrogen-bond acceptors (Lipinski definition) is 4. The van der Waals surface area contributed by atoms with Gasteiger partial charge in [0.05, 0.1) is 32.8 Å². The Bertz CT molecular complexity index is 802. The van der Waals surface area contributed by atoms with Crippen molar-refractivity contribution in [3.8, 4) is 17.2 Å². The molecule has 2 aliphatic heterocycles. The van der Waals surface area contributed by atoms with Crippen LogP contribution in [0.2, 0.25) is 0 Å². The monoisotopic (exact) mass is 367 g/mol. The Kier molecular flexibility index (Phi) is 5.19. The van der Waals surface area contributed by atoms with Crippen molar-refractivity contribution in [2.75, 3.05) is 26.9 Å². The van der Waals surface area contributed by atoms with Gasteiger partial charge in [-0.15, -0.1) is 0 Å². The van der Waals surface area contributed by atoms with Crippen LogP contribution < -0.4 is 14.2 Å². The highest BCUT2D eigenvalue weighted by molar-refractivity contribution is 5.79. The quantitative estimate of drug-likeness (QED) is 0.826. The molecule has 0 saturated carbocycles. The van der Waals surface area contributed by atoms with Crippen molar-refractivity contribution in [3.63, 3.8) is 0 Å². The van der Waals surface area contributed by atoms with E-state index >= 15 is 0 Å². The molecule has 2 aromatic rings. The summed E-state index contributed by atoms with van der Waals surface area (Å²) in [6.07, 6.45) is 3.30. The third-order valence-electron chi connectivity index (χ3n) is 5.24. The van der Waals surface area contributed by atoms with Crippen LogP contribution in [0, 0.1) is 0 Å². The molecule has 0 aromatic heterocycles. The molecule has 4 rings (SSSR count). The fraction of sp³-hybridized carbons (Fsp3) is 0.409. The molecular weight excluding hydrogens is 342 g/mol. The third-order valence-corrected chi connectivity index (χ3v) is 5.24. The number of ether oxygens (including phenoxy) is 3. The van der Waals surface area contributed by atoms with Crippen LogP contribution in [0.3, 0.4) is 0 Å². The summed E-state index contributed by atoms with van der Waals surface area (Å²) >= 11 is 0. The molecule has 0 spiro atoms. The molecule has 0 radical (unpaired) electrons. The predicted molar refractivity (Wildman–Crippen MR) is 102 cm³/mol. The average molecular weight is 367 g/mol. The van der Waals surface area contributed by atoms with Gasteiger partial charge in [0.25, 0.3) is 0 Å². The number of amides is 1. The SMILES string of the molecule is COc1ccc(CC(=O)N2CCC[C@@H]2c2ccc3c(c2)OCCCO3)cc1. The van der Waals surface area contributed by atoms with Gasteiger partial charge >= 0.3 is 0 Å². The lowest BCUT2D eigenvalue weighted by molar-refractivity contribution is -0.131. The van der Waals surface area contributed by atoms with E-state index in [-0.39, 0.29) is 11.9 Å². The molecule has 0 bridgehead atoms. The van der Waals surface area contributed by atoms with Crippen LogP contribution in [-0.4, -0.2) is 37.7 Å². The van der Waals surface area contributed by atoms with E-state index in [4.69, 9.17) is 14.2 Å². The largest absolute Gasteiger partial charge is 0.497 e. The number of methoxy groups -OCH3 is 1. The van der Waals surface area contributed by atoms with Gasteiger partial charge in [0.15, 0.2) is 11.5 Å². The highest BCUT2D eigenvalue weighted by Gasteiger charge is 2.30. The predicted octanol–water partition coefficient (Wildman–Crippen LogP) is 3.76. The normalized spacial score (nSPS) is 18.9. The summed E-state index contributed by atoms with van der Waals surface area (Å²) in [4.78, 5) is 14.9. The first kappa shape index (κ1) is 17.7. The van der Waals surface area contributed by atoms with Gasteiger partial charge in [0.2, 0.25) is 5.91 Å². The minimum Gasteiger partial charge on any atom is -0.497 e. The molecule has 5 heteroatoms. The van der Waals surface area contributed by atoms with E-state index in [2.05, 4.69) is 6.07 Å². The lowest BCUT2D eigenvalue weighted by atomic mass is 10.0. The zero-order chi connectivity index (χ0) is 18.6. The fourth-order valence-electron chi connectivity index (χ4n) is 3.82. The van der Waals surface area contributed by atoms with E-state index in [0.717, 1.165) is 54.2 Å². The van der Waals surface area contributed by atoms with Crippen LogP contribution in [0.5, 0.6) is 17.2 Å².